The monoisotopic (exact) mass is 424 g/mol. The van der Waals surface area contributed by atoms with E-state index in [1.165, 1.54) is 31.5 Å². The number of aromatic nitrogens is 2. The average Bonchev–Trinajstić information content (AvgIpc) is 3.39. The first kappa shape index (κ1) is 22.0. The third-order valence-electron chi connectivity index (χ3n) is 7.02. The number of ether oxygens (including phenoxy) is 1. The fraction of sp³-hybridized carbons (Fsp3) is 0.600. The van der Waals surface area contributed by atoms with Gasteiger partial charge < -0.3 is 15.0 Å². The maximum atomic E-state index is 12.8. The molecule has 2 aliphatic heterocycles. The second kappa shape index (κ2) is 9.96. The molecule has 2 saturated heterocycles. The summed E-state index contributed by atoms with van der Waals surface area (Å²) in [6, 6.07) is 10.2. The van der Waals surface area contributed by atoms with Gasteiger partial charge in [0.15, 0.2) is 0 Å². The van der Waals surface area contributed by atoms with Crippen LogP contribution in [-0.4, -0.2) is 60.0 Å². The van der Waals surface area contributed by atoms with Crippen molar-refractivity contribution >= 4 is 5.91 Å². The number of nitrogens with one attached hydrogen (secondary N) is 1. The van der Waals surface area contributed by atoms with Crippen molar-refractivity contribution < 1.29 is 9.53 Å². The van der Waals surface area contributed by atoms with E-state index in [2.05, 4.69) is 29.3 Å². The van der Waals surface area contributed by atoms with Gasteiger partial charge in [0, 0.05) is 43.8 Å². The number of nitrogens with zero attached hydrogens (tertiary/aromatic N) is 3. The Morgan fingerprint density at radius 3 is 2.55 bits per heavy atom. The zero-order valence-electron chi connectivity index (χ0n) is 19.0. The largest absolute Gasteiger partial charge is 0.381 e. The topological polar surface area (TPSA) is 59.4 Å². The quantitative estimate of drug-likeness (QED) is 0.705. The number of likely N-dealkylation sites (tertiary alicyclic amines) is 1. The maximum Gasteiger partial charge on any atom is 0.220 e. The second-order valence-electron chi connectivity index (χ2n) is 9.27. The molecule has 0 saturated carbocycles. The molecule has 0 bridgehead atoms. The Kier molecular flexibility index (Phi) is 7.08. The zero-order chi connectivity index (χ0) is 21.7. The molecule has 1 aromatic carbocycles. The smallest absolute Gasteiger partial charge is 0.220 e. The predicted molar refractivity (Wildman–Crippen MR) is 123 cm³/mol. The summed E-state index contributed by atoms with van der Waals surface area (Å²) in [7, 11) is 0. The van der Waals surface area contributed by atoms with Gasteiger partial charge in [-0.2, -0.15) is 5.10 Å². The molecule has 1 amide bonds. The van der Waals surface area contributed by atoms with E-state index in [-0.39, 0.29) is 11.3 Å². The molecule has 0 spiro atoms. The van der Waals surface area contributed by atoms with Gasteiger partial charge in [0.05, 0.1) is 11.4 Å². The Hall–Kier alpha value is -2.18. The Labute approximate surface area is 186 Å². The van der Waals surface area contributed by atoms with Gasteiger partial charge in [-0.1, -0.05) is 18.2 Å². The molecule has 1 aromatic heterocycles. The molecule has 168 valence electrons. The maximum absolute atomic E-state index is 12.8. The van der Waals surface area contributed by atoms with E-state index >= 15 is 0 Å². The molecule has 2 aromatic rings. The molecule has 2 aliphatic rings. The molecule has 0 aliphatic carbocycles. The Balaban J connectivity index is 1.34. The van der Waals surface area contributed by atoms with E-state index in [0.29, 0.717) is 6.42 Å². The Morgan fingerprint density at radius 2 is 1.84 bits per heavy atom. The molecule has 1 N–H and O–H groups in total. The number of rotatable bonds is 8. The summed E-state index contributed by atoms with van der Waals surface area (Å²) >= 11 is 0. The van der Waals surface area contributed by atoms with E-state index in [1.807, 2.05) is 29.8 Å². The van der Waals surface area contributed by atoms with Crippen LogP contribution in [0.25, 0.3) is 5.69 Å². The molecule has 6 nitrogen and oxygen atoms in total. The van der Waals surface area contributed by atoms with Crippen molar-refractivity contribution in [2.45, 2.75) is 52.4 Å². The highest BCUT2D eigenvalue weighted by molar-refractivity contribution is 5.76. The number of hydrogen-bond acceptors (Lipinski definition) is 4. The molecule has 0 unspecified atom stereocenters. The molecule has 0 radical (unpaired) electrons. The van der Waals surface area contributed by atoms with Gasteiger partial charge in [-0.15, -0.1) is 0 Å². The van der Waals surface area contributed by atoms with E-state index in [9.17, 15) is 4.79 Å². The first-order chi connectivity index (χ1) is 15.1. The lowest BCUT2D eigenvalue weighted by atomic mass is 9.79. The van der Waals surface area contributed by atoms with Crippen LogP contribution in [0.15, 0.2) is 30.3 Å². The number of carbonyl (C=O) groups excluding carboxylic acids is 1. The summed E-state index contributed by atoms with van der Waals surface area (Å²) in [4.78, 5) is 15.3. The van der Waals surface area contributed by atoms with Crippen molar-refractivity contribution in [1.29, 1.82) is 0 Å². The highest BCUT2D eigenvalue weighted by atomic mass is 16.5. The zero-order valence-corrected chi connectivity index (χ0v) is 19.0. The van der Waals surface area contributed by atoms with Crippen LogP contribution >= 0.6 is 0 Å². The summed E-state index contributed by atoms with van der Waals surface area (Å²) in [6.45, 7) is 9.97. The number of carbonyl (C=O) groups is 1. The SMILES string of the molecule is Cc1nn(-c2ccccc2)c(C)c1CCC(=O)NCC1(CN2CCCC2)CCOCC1. The van der Waals surface area contributed by atoms with E-state index in [4.69, 9.17) is 9.84 Å². The summed E-state index contributed by atoms with van der Waals surface area (Å²) in [5, 5.41) is 7.98. The van der Waals surface area contributed by atoms with Gasteiger partial charge in [0.2, 0.25) is 5.91 Å². The number of benzene rings is 1. The summed E-state index contributed by atoms with van der Waals surface area (Å²) in [5.74, 6) is 0.138. The third kappa shape index (κ3) is 5.36. The van der Waals surface area contributed by atoms with Crippen molar-refractivity contribution in [2.75, 3.05) is 39.4 Å². The van der Waals surface area contributed by atoms with E-state index in [1.54, 1.807) is 0 Å². The molecule has 2 fully saturated rings. The fourth-order valence-electron chi connectivity index (χ4n) is 5.08. The molecular weight excluding hydrogens is 388 g/mol. The van der Waals surface area contributed by atoms with Gasteiger partial charge in [0.25, 0.3) is 0 Å². The van der Waals surface area contributed by atoms with Crippen LogP contribution in [0.5, 0.6) is 0 Å². The van der Waals surface area contributed by atoms with Gasteiger partial charge in [0.1, 0.15) is 0 Å². The van der Waals surface area contributed by atoms with Crippen LogP contribution in [0.2, 0.25) is 0 Å². The van der Waals surface area contributed by atoms with Gasteiger partial charge >= 0.3 is 0 Å². The Morgan fingerprint density at radius 1 is 1.13 bits per heavy atom. The van der Waals surface area contributed by atoms with Crippen molar-refractivity contribution in [3.63, 3.8) is 0 Å². The van der Waals surface area contributed by atoms with E-state index in [0.717, 1.165) is 62.6 Å². The van der Waals surface area contributed by atoms with Gasteiger partial charge in [-0.25, -0.2) is 4.68 Å². The summed E-state index contributed by atoms with van der Waals surface area (Å²) < 4.78 is 7.61. The normalized spacial score (nSPS) is 18.9. The third-order valence-corrected chi connectivity index (χ3v) is 7.02. The van der Waals surface area contributed by atoms with E-state index < -0.39 is 0 Å². The lowest BCUT2D eigenvalue weighted by Gasteiger charge is -2.40. The van der Waals surface area contributed by atoms with Crippen LogP contribution < -0.4 is 5.32 Å². The first-order valence-electron chi connectivity index (χ1n) is 11.7. The first-order valence-corrected chi connectivity index (χ1v) is 11.7. The van der Waals surface area contributed by atoms with Crippen LogP contribution in [-0.2, 0) is 16.0 Å². The fourth-order valence-corrected chi connectivity index (χ4v) is 5.08. The van der Waals surface area contributed by atoms with Crippen LogP contribution in [0.4, 0.5) is 0 Å². The van der Waals surface area contributed by atoms with Gasteiger partial charge in [-0.3, -0.25) is 4.79 Å². The highest BCUT2D eigenvalue weighted by Gasteiger charge is 2.35. The molecule has 0 atom stereocenters. The minimum Gasteiger partial charge on any atom is -0.381 e. The minimum absolute atomic E-state index is 0.138. The number of para-hydroxylation sites is 1. The number of hydrogen-bond donors (Lipinski definition) is 1. The Bertz CT molecular complexity index is 865. The van der Waals surface area contributed by atoms with Crippen LogP contribution in [0.1, 0.15) is 49.1 Å². The van der Waals surface area contributed by atoms with Crippen LogP contribution in [0, 0.1) is 19.3 Å². The molecule has 6 heteroatoms. The van der Waals surface area contributed by atoms with Crippen molar-refractivity contribution in [3.8, 4) is 5.69 Å². The van der Waals surface area contributed by atoms with Crippen molar-refractivity contribution in [3.05, 3.63) is 47.3 Å². The highest BCUT2D eigenvalue weighted by Crippen LogP contribution is 2.32. The number of amides is 1. The van der Waals surface area contributed by atoms with Crippen molar-refractivity contribution in [1.82, 2.24) is 20.0 Å². The minimum atomic E-state index is 0.138. The lowest BCUT2D eigenvalue weighted by Crippen LogP contribution is -2.48. The molecule has 3 heterocycles. The van der Waals surface area contributed by atoms with Gasteiger partial charge in [-0.05, 0) is 76.7 Å². The summed E-state index contributed by atoms with van der Waals surface area (Å²) in [6.07, 6.45) is 5.89. The average molecular weight is 425 g/mol. The standard InChI is InChI=1S/C25H36N4O2/c1-20-23(21(2)29(27-20)22-8-4-3-5-9-22)10-11-24(30)26-18-25(12-16-31-17-13-25)19-28-14-6-7-15-28/h3-5,8-9H,6-7,10-19H2,1-2H3,(H,26,30). The lowest BCUT2D eigenvalue weighted by molar-refractivity contribution is -0.122. The van der Waals surface area contributed by atoms with Crippen molar-refractivity contribution in [2.24, 2.45) is 5.41 Å². The second-order valence-corrected chi connectivity index (χ2v) is 9.27. The molecular formula is C25H36N4O2. The van der Waals surface area contributed by atoms with Crippen LogP contribution in [0.3, 0.4) is 0 Å². The number of aryl methyl sites for hydroxylation is 1. The molecule has 4 rings (SSSR count). The summed E-state index contributed by atoms with van der Waals surface area (Å²) in [5.41, 5.74) is 4.51. The molecule has 31 heavy (non-hydrogen) atoms. The predicted octanol–water partition coefficient (Wildman–Crippen LogP) is 3.43.